The molecule has 0 radical (unpaired) electrons. The molecule has 2 heterocycles. The lowest BCUT2D eigenvalue weighted by Gasteiger charge is -2.11. The summed E-state index contributed by atoms with van der Waals surface area (Å²) in [6.07, 6.45) is 2.61. The molecule has 0 saturated carbocycles. The fourth-order valence-electron chi connectivity index (χ4n) is 2.21. The van der Waals surface area contributed by atoms with Gasteiger partial charge in [0.15, 0.2) is 0 Å². The zero-order valence-electron chi connectivity index (χ0n) is 12.6. The van der Waals surface area contributed by atoms with Gasteiger partial charge in [0.25, 0.3) is 0 Å². The van der Waals surface area contributed by atoms with Crippen molar-refractivity contribution in [1.29, 1.82) is 0 Å². The summed E-state index contributed by atoms with van der Waals surface area (Å²) in [6.45, 7) is 7.32. The summed E-state index contributed by atoms with van der Waals surface area (Å²) in [5, 5.41) is 0. The molecule has 5 heteroatoms. The monoisotopic (exact) mass is 274 g/mol. The lowest BCUT2D eigenvalue weighted by Crippen LogP contribution is -2.10. The van der Waals surface area contributed by atoms with Crippen molar-refractivity contribution < 1.29 is 4.74 Å². The number of hydrogen-bond acceptors (Lipinski definition) is 4. The number of aryl methyl sites for hydroxylation is 1. The van der Waals surface area contributed by atoms with Gasteiger partial charge >= 0.3 is 0 Å². The fourth-order valence-corrected chi connectivity index (χ4v) is 2.21. The third-order valence-corrected chi connectivity index (χ3v) is 3.17. The van der Waals surface area contributed by atoms with Crippen molar-refractivity contribution in [2.75, 3.05) is 12.8 Å². The van der Waals surface area contributed by atoms with Gasteiger partial charge in [0, 0.05) is 30.8 Å². The maximum absolute atomic E-state index is 6.27. The van der Waals surface area contributed by atoms with E-state index in [9.17, 15) is 0 Å². The Bertz CT molecular complexity index is 572. The molecule has 0 atom stereocenters. The summed E-state index contributed by atoms with van der Waals surface area (Å²) in [7, 11) is 1.60. The van der Waals surface area contributed by atoms with Gasteiger partial charge in [0.1, 0.15) is 17.3 Å². The summed E-state index contributed by atoms with van der Waals surface area (Å²) < 4.78 is 7.17. The summed E-state index contributed by atoms with van der Waals surface area (Å²) in [5.41, 5.74) is 7.99. The van der Waals surface area contributed by atoms with Gasteiger partial charge in [-0.2, -0.15) is 0 Å². The number of rotatable bonds is 5. The molecule has 2 N–H and O–H groups in total. The Balaban J connectivity index is 2.43. The first-order valence-electron chi connectivity index (χ1n) is 6.92. The van der Waals surface area contributed by atoms with Gasteiger partial charge in [-0.3, -0.25) is 0 Å². The zero-order chi connectivity index (χ0) is 14.7. The van der Waals surface area contributed by atoms with Gasteiger partial charge in [-0.15, -0.1) is 0 Å². The van der Waals surface area contributed by atoms with E-state index in [0.29, 0.717) is 17.6 Å². The van der Waals surface area contributed by atoms with E-state index in [0.717, 1.165) is 30.0 Å². The average Bonchev–Trinajstić information content (AvgIpc) is 2.75. The zero-order valence-corrected chi connectivity index (χ0v) is 12.6. The first-order valence-corrected chi connectivity index (χ1v) is 6.92. The molecule has 0 amide bonds. The third-order valence-electron chi connectivity index (χ3n) is 3.17. The van der Waals surface area contributed by atoms with Crippen LogP contribution in [0.5, 0.6) is 5.88 Å². The first kappa shape index (κ1) is 14.4. The lowest BCUT2D eigenvalue weighted by atomic mass is 10.2. The second-order valence-electron chi connectivity index (χ2n) is 5.21. The van der Waals surface area contributed by atoms with Crippen LogP contribution in [0.4, 0.5) is 5.82 Å². The van der Waals surface area contributed by atoms with E-state index in [-0.39, 0.29) is 0 Å². The van der Waals surface area contributed by atoms with Crippen molar-refractivity contribution in [2.24, 2.45) is 5.92 Å². The molecular formula is C15H22N4O. The highest BCUT2D eigenvalue weighted by molar-refractivity contribution is 5.70. The van der Waals surface area contributed by atoms with Crippen molar-refractivity contribution in [2.45, 2.75) is 33.7 Å². The minimum Gasteiger partial charge on any atom is -0.481 e. The second-order valence-corrected chi connectivity index (χ2v) is 5.21. The van der Waals surface area contributed by atoms with Crippen molar-refractivity contribution in [3.63, 3.8) is 0 Å². The topological polar surface area (TPSA) is 66.0 Å². The molecule has 0 aliphatic carbocycles. The minimum atomic E-state index is 0.527. The SMILES string of the molecule is CCc1nc(-c2ccc(OC)nc2)c(N)n1CC(C)C. The Morgan fingerprint density at radius 1 is 1.35 bits per heavy atom. The molecule has 108 valence electrons. The van der Waals surface area contributed by atoms with Gasteiger partial charge in [-0.05, 0) is 12.0 Å². The van der Waals surface area contributed by atoms with Crippen LogP contribution in [0.15, 0.2) is 18.3 Å². The summed E-state index contributed by atoms with van der Waals surface area (Å²) in [5.74, 6) is 2.84. The smallest absolute Gasteiger partial charge is 0.212 e. The summed E-state index contributed by atoms with van der Waals surface area (Å²) in [4.78, 5) is 8.88. The number of methoxy groups -OCH3 is 1. The summed E-state index contributed by atoms with van der Waals surface area (Å²) in [6, 6.07) is 3.76. The minimum absolute atomic E-state index is 0.527. The van der Waals surface area contributed by atoms with Crippen LogP contribution in [0.2, 0.25) is 0 Å². The molecule has 0 unspecified atom stereocenters. The van der Waals surface area contributed by atoms with Crippen molar-refractivity contribution >= 4 is 5.82 Å². The number of anilines is 1. The molecule has 0 aliphatic heterocycles. The number of nitrogens with zero attached hydrogens (tertiary/aromatic N) is 3. The van der Waals surface area contributed by atoms with Crippen molar-refractivity contribution in [3.05, 3.63) is 24.2 Å². The van der Waals surface area contributed by atoms with Gasteiger partial charge in [-0.25, -0.2) is 9.97 Å². The van der Waals surface area contributed by atoms with Crippen LogP contribution in [0.1, 0.15) is 26.6 Å². The standard InChI is InChI=1S/C15H22N4O/c1-5-12-18-14(15(16)19(12)9-10(2)3)11-6-7-13(20-4)17-8-11/h6-8,10H,5,9,16H2,1-4H3. The van der Waals surface area contributed by atoms with Crippen LogP contribution in [-0.2, 0) is 13.0 Å². The molecule has 0 spiro atoms. The van der Waals surface area contributed by atoms with E-state index < -0.39 is 0 Å². The molecule has 0 aromatic carbocycles. The van der Waals surface area contributed by atoms with E-state index in [1.807, 2.05) is 12.1 Å². The molecule has 2 aromatic rings. The quantitative estimate of drug-likeness (QED) is 0.910. The van der Waals surface area contributed by atoms with Gasteiger partial charge < -0.3 is 15.0 Å². The number of imidazole rings is 1. The molecule has 2 aromatic heterocycles. The van der Waals surface area contributed by atoms with E-state index in [1.165, 1.54) is 0 Å². The summed E-state index contributed by atoms with van der Waals surface area (Å²) >= 11 is 0. The number of ether oxygens (including phenoxy) is 1. The third kappa shape index (κ3) is 2.76. The molecule has 0 aliphatic rings. The molecule has 0 fully saturated rings. The van der Waals surface area contributed by atoms with Crippen LogP contribution >= 0.6 is 0 Å². The Labute approximate surface area is 119 Å². The van der Waals surface area contributed by atoms with Gasteiger partial charge in [0.2, 0.25) is 5.88 Å². The number of nitrogen functional groups attached to an aromatic ring is 1. The number of hydrogen-bond donors (Lipinski definition) is 1. The Kier molecular flexibility index (Phi) is 4.27. The highest BCUT2D eigenvalue weighted by Crippen LogP contribution is 2.27. The largest absolute Gasteiger partial charge is 0.481 e. The molecule has 20 heavy (non-hydrogen) atoms. The maximum Gasteiger partial charge on any atom is 0.212 e. The normalized spacial score (nSPS) is 11.1. The van der Waals surface area contributed by atoms with E-state index in [1.54, 1.807) is 13.3 Å². The Morgan fingerprint density at radius 2 is 2.10 bits per heavy atom. The van der Waals surface area contributed by atoms with Gasteiger partial charge in [-0.1, -0.05) is 20.8 Å². The van der Waals surface area contributed by atoms with Crippen LogP contribution in [-0.4, -0.2) is 21.6 Å². The molecule has 2 rings (SSSR count). The average molecular weight is 274 g/mol. The lowest BCUT2D eigenvalue weighted by molar-refractivity contribution is 0.398. The van der Waals surface area contributed by atoms with Gasteiger partial charge in [0.05, 0.1) is 7.11 Å². The molecular weight excluding hydrogens is 252 g/mol. The first-order chi connectivity index (χ1) is 9.56. The molecule has 0 bridgehead atoms. The van der Waals surface area contributed by atoms with E-state index >= 15 is 0 Å². The fraction of sp³-hybridized carbons (Fsp3) is 0.467. The highest BCUT2D eigenvalue weighted by atomic mass is 16.5. The highest BCUT2D eigenvalue weighted by Gasteiger charge is 2.16. The number of nitrogens with two attached hydrogens (primary N) is 1. The second kappa shape index (κ2) is 5.94. The maximum atomic E-state index is 6.27. The predicted molar refractivity (Wildman–Crippen MR) is 80.6 cm³/mol. The molecule has 0 saturated heterocycles. The van der Waals surface area contributed by atoms with Crippen molar-refractivity contribution in [3.8, 4) is 17.1 Å². The predicted octanol–water partition coefficient (Wildman–Crippen LogP) is 2.75. The number of pyridine rings is 1. The van der Waals surface area contributed by atoms with Crippen LogP contribution < -0.4 is 10.5 Å². The van der Waals surface area contributed by atoms with E-state index in [2.05, 4.69) is 35.3 Å². The van der Waals surface area contributed by atoms with Crippen LogP contribution in [0, 0.1) is 5.92 Å². The number of aromatic nitrogens is 3. The van der Waals surface area contributed by atoms with E-state index in [4.69, 9.17) is 10.5 Å². The van der Waals surface area contributed by atoms with Crippen LogP contribution in [0.25, 0.3) is 11.3 Å². The Morgan fingerprint density at radius 3 is 2.60 bits per heavy atom. The van der Waals surface area contributed by atoms with Crippen LogP contribution in [0.3, 0.4) is 0 Å². The Hall–Kier alpha value is -2.04. The van der Waals surface area contributed by atoms with Crippen molar-refractivity contribution in [1.82, 2.24) is 14.5 Å². The molecule has 5 nitrogen and oxygen atoms in total.